The highest BCUT2D eigenvalue weighted by Gasteiger charge is 2.28. The fourth-order valence-electron chi connectivity index (χ4n) is 3.35. The highest BCUT2D eigenvalue weighted by molar-refractivity contribution is 7.90. The van der Waals surface area contributed by atoms with Crippen molar-refractivity contribution >= 4 is 27.0 Å². The average Bonchev–Trinajstić information content (AvgIpc) is 3.10. The predicted octanol–water partition coefficient (Wildman–Crippen LogP) is 2.75. The molecule has 158 valence electrons. The van der Waals surface area contributed by atoms with Gasteiger partial charge in [0.2, 0.25) is 0 Å². The van der Waals surface area contributed by atoms with E-state index in [2.05, 4.69) is 0 Å². The van der Waals surface area contributed by atoms with Crippen LogP contribution in [0.4, 0.5) is 0 Å². The van der Waals surface area contributed by atoms with Crippen molar-refractivity contribution in [2.75, 3.05) is 14.2 Å². The van der Waals surface area contributed by atoms with E-state index in [-0.39, 0.29) is 27.2 Å². The van der Waals surface area contributed by atoms with Crippen molar-refractivity contribution in [2.45, 2.75) is 4.90 Å². The van der Waals surface area contributed by atoms with E-state index in [9.17, 15) is 18.0 Å². The summed E-state index contributed by atoms with van der Waals surface area (Å²) in [6, 6.07) is 18.3. The van der Waals surface area contributed by atoms with E-state index in [4.69, 9.17) is 9.47 Å². The number of para-hydroxylation sites is 3. The highest BCUT2D eigenvalue weighted by atomic mass is 32.2. The number of hydrogen-bond acceptors (Lipinski definition) is 6. The van der Waals surface area contributed by atoms with Crippen LogP contribution >= 0.6 is 0 Å². The Morgan fingerprint density at radius 3 is 2.06 bits per heavy atom. The molecule has 0 saturated heterocycles. The lowest BCUT2D eigenvalue weighted by Crippen LogP contribution is -2.33. The van der Waals surface area contributed by atoms with Gasteiger partial charge in [0, 0.05) is 0 Å². The van der Waals surface area contributed by atoms with E-state index in [1.54, 1.807) is 30.3 Å². The molecule has 0 spiro atoms. The van der Waals surface area contributed by atoms with Crippen molar-refractivity contribution in [1.82, 2.24) is 8.54 Å². The van der Waals surface area contributed by atoms with Gasteiger partial charge in [-0.3, -0.25) is 4.79 Å². The Labute approximate surface area is 177 Å². The number of benzene rings is 3. The van der Waals surface area contributed by atoms with E-state index < -0.39 is 21.6 Å². The minimum absolute atomic E-state index is 0.0894. The van der Waals surface area contributed by atoms with Crippen molar-refractivity contribution in [3.05, 3.63) is 88.8 Å². The summed E-state index contributed by atoms with van der Waals surface area (Å²) >= 11 is 0. The molecule has 0 saturated carbocycles. The summed E-state index contributed by atoms with van der Waals surface area (Å²) < 4.78 is 38.4. The zero-order valence-electron chi connectivity index (χ0n) is 16.7. The molecule has 4 aromatic rings. The largest absolute Gasteiger partial charge is 0.497 e. The summed E-state index contributed by atoms with van der Waals surface area (Å²) in [6.07, 6.45) is 0. The molecular formula is C22H18N2O6S. The first kappa shape index (κ1) is 20.4. The normalized spacial score (nSPS) is 11.4. The van der Waals surface area contributed by atoms with Gasteiger partial charge in [-0.15, -0.1) is 0 Å². The second-order valence-electron chi connectivity index (χ2n) is 6.56. The van der Waals surface area contributed by atoms with E-state index >= 15 is 0 Å². The van der Waals surface area contributed by atoms with Crippen molar-refractivity contribution < 1.29 is 22.7 Å². The molecule has 1 heterocycles. The van der Waals surface area contributed by atoms with Crippen LogP contribution in [0.15, 0.2) is 82.5 Å². The van der Waals surface area contributed by atoms with E-state index in [1.807, 2.05) is 0 Å². The lowest BCUT2D eigenvalue weighted by molar-refractivity contribution is 0.0958. The quantitative estimate of drug-likeness (QED) is 0.475. The van der Waals surface area contributed by atoms with Crippen LogP contribution in [0.2, 0.25) is 0 Å². The van der Waals surface area contributed by atoms with Crippen LogP contribution < -0.4 is 15.2 Å². The molecule has 0 amide bonds. The van der Waals surface area contributed by atoms with Crippen molar-refractivity contribution in [3.63, 3.8) is 0 Å². The zero-order chi connectivity index (χ0) is 22.2. The topological polar surface area (TPSA) is 96.6 Å². The molecule has 1 aromatic heterocycles. The van der Waals surface area contributed by atoms with E-state index in [1.165, 1.54) is 56.7 Å². The fourth-order valence-corrected chi connectivity index (χ4v) is 4.74. The third-order valence-electron chi connectivity index (χ3n) is 4.84. The van der Waals surface area contributed by atoms with Gasteiger partial charge in [-0.1, -0.05) is 24.3 Å². The predicted molar refractivity (Wildman–Crippen MR) is 114 cm³/mol. The number of nitrogens with zero attached hydrogens (tertiary/aromatic N) is 2. The molecule has 31 heavy (non-hydrogen) atoms. The first-order chi connectivity index (χ1) is 14.9. The summed E-state index contributed by atoms with van der Waals surface area (Å²) in [4.78, 5) is 26.5. The monoisotopic (exact) mass is 438 g/mol. The van der Waals surface area contributed by atoms with Gasteiger partial charge in [-0.2, -0.15) is 3.97 Å². The summed E-state index contributed by atoms with van der Waals surface area (Å²) in [5.41, 5.74) is -0.600. The summed E-state index contributed by atoms with van der Waals surface area (Å²) in [5, 5.41) is 0. The Morgan fingerprint density at radius 2 is 1.42 bits per heavy atom. The number of imidazole rings is 1. The molecule has 0 fully saturated rings. The molecule has 0 bridgehead atoms. The number of methoxy groups -OCH3 is 2. The maximum absolute atomic E-state index is 13.3. The van der Waals surface area contributed by atoms with Gasteiger partial charge in [-0.05, 0) is 48.5 Å². The van der Waals surface area contributed by atoms with Gasteiger partial charge in [0.1, 0.15) is 11.5 Å². The molecule has 9 heteroatoms. The zero-order valence-corrected chi connectivity index (χ0v) is 17.5. The molecule has 0 unspecified atom stereocenters. The second-order valence-corrected chi connectivity index (χ2v) is 8.34. The third-order valence-corrected chi connectivity index (χ3v) is 6.55. The minimum Gasteiger partial charge on any atom is -0.497 e. The first-order valence-corrected chi connectivity index (χ1v) is 10.6. The van der Waals surface area contributed by atoms with Gasteiger partial charge >= 0.3 is 5.69 Å². The van der Waals surface area contributed by atoms with Crippen LogP contribution in [0, 0.1) is 0 Å². The Kier molecular flexibility index (Phi) is 5.12. The van der Waals surface area contributed by atoms with Crippen LogP contribution in [0.3, 0.4) is 0 Å². The number of hydrogen-bond donors (Lipinski definition) is 0. The van der Waals surface area contributed by atoms with E-state index in [0.29, 0.717) is 9.72 Å². The van der Waals surface area contributed by atoms with Crippen LogP contribution in [-0.4, -0.2) is 37.1 Å². The summed E-state index contributed by atoms with van der Waals surface area (Å²) in [7, 11) is -1.42. The van der Waals surface area contributed by atoms with Crippen LogP contribution in [-0.2, 0) is 10.0 Å². The van der Waals surface area contributed by atoms with Crippen molar-refractivity contribution in [3.8, 4) is 11.5 Å². The van der Waals surface area contributed by atoms with Gasteiger partial charge in [0.15, 0.2) is 0 Å². The van der Waals surface area contributed by atoms with Gasteiger partial charge in [0.05, 0.1) is 35.7 Å². The first-order valence-electron chi connectivity index (χ1n) is 9.20. The van der Waals surface area contributed by atoms with Crippen molar-refractivity contribution in [1.29, 1.82) is 0 Å². The molecule has 4 rings (SSSR count). The fraction of sp³-hybridized carbons (Fsp3) is 0.0909. The SMILES string of the molecule is COc1ccc(S(=O)(=O)n2c(=O)n(C(=O)c3ccccc3OC)c3ccccc32)cc1. The lowest BCUT2D eigenvalue weighted by atomic mass is 10.2. The number of carbonyl (C=O) groups excluding carboxylic acids is 1. The van der Waals surface area contributed by atoms with Gasteiger partial charge in [-0.25, -0.2) is 17.8 Å². The van der Waals surface area contributed by atoms with Gasteiger partial charge < -0.3 is 9.47 Å². The molecular weight excluding hydrogens is 420 g/mol. The van der Waals surface area contributed by atoms with Gasteiger partial charge in [0.25, 0.3) is 15.9 Å². The standard InChI is InChI=1S/C22H18N2O6S/c1-29-15-11-13-16(14-12-15)31(27,28)24-19-9-5-4-8-18(19)23(22(24)26)21(25)17-7-3-6-10-20(17)30-2/h3-14H,1-2H3. The molecule has 0 radical (unpaired) electrons. The second kappa shape index (κ2) is 7.77. The molecule has 3 aromatic carbocycles. The Balaban J connectivity index is 1.98. The number of fused-ring (bicyclic) bond motifs is 1. The number of aromatic nitrogens is 2. The summed E-state index contributed by atoms with van der Waals surface area (Å²) in [6.45, 7) is 0. The lowest BCUT2D eigenvalue weighted by Gasteiger charge is -2.08. The van der Waals surface area contributed by atoms with Crippen LogP contribution in [0.1, 0.15) is 10.4 Å². The highest BCUT2D eigenvalue weighted by Crippen LogP contribution is 2.24. The molecule has 0 N–H and O–H groups in total. The number of rotatable bonds is 5. The van der Waals surface area contributed by atoms with Crippen LogP contribution in [0.5, 0.6) is 11.5 Å². The average molecular weight is 438 g/mol. The Bertz CT molecular complexity index is 1450. The molecule has 8 nitrogen and oxygen atoms in total. The molecule has 0 aliphatic carbocycles. The maximum Gasteiger partial charge on any atom is 0.350 e. The minimum atomic E-state index is -4.29. The Morgan fingerprint density at radius 1 is 0.806 bits per heavy atom. The Hall–Kier alpha value is -3.85. The third kappa shape index (κ3) is 3.28. The molecule has 0 atom stereocenters. The van der Waals surface area contributed by atoms with Crippen LogP contribution in [0.25, 0.3) is 11.0 Å². The smallest absolute Gasteiger partial charge is 0.350 e. The van der Waals surface area contributed by atoms with Crippen molar-refractivity contribution in [2.24, 2.45) is 0 Å². The van der Waals surface area contributed by atoms with E-state index in [0.717, 1.165) is 4.57 Å². The molecule has 0 aliphatic rings. The maximum atomic E-state index is 13.3. The number of ether oxygens (including phenoxy) is 2. The summed E-state index contributed by atoms with van der Waals surface area (Å²) in [5.74, 6) is 0.0525. The number of carbonyl (C=O) groups is 1. The molecule has 0 aliphatic heterocycles.